The zero-order valence-electron chi connectivity index (χ0n) is 11.8. The minimum Gasteiger partial charge on any atom is -0.477 e. The van der Waals surface area contributed by atoms with Gasteiger partial charge in [-0.25, -0.2) is 9.59 Å². The van der Waals surface area contributed by atoms with Gasteiger partial charge in [-0.15, -0.1) is 0 Å². The first-order valence-electron chi connectivity index (χ1n) is 6.51. The molecule has 2 amide bonds. The standard InChI is InChI=1S/C13H21N3O4/c1-9-8-10(11(15-9)12(17)18)16-13(19)14-6-4-3-5-7-20-2/h8,15H,3-7H2,1-2H3,(H,17,18)(H2,14,16,19). The molecule has 0 saturated carbocycles. The number of nitrogens with one attached hydrogen (secondary N) is 3. The fourth-order valence-corrected chi connectivity index (χ4v) is 1.77. The number of aryl methyl sites for hydroxylation is 1. The number of urea groups is 1. The molecule has 7 nitrogen and oxygen atoms in total. The first-order chi connectivity index (χ1) is 9.54. The van der Waals surface area contributed by atoms with Crippen LogP contribution >= 0.6 is 0 Å². The molecule has 0 aliphatic heterocycles. The summed E-state index contributed by atoms with van der Waals surface area (Å²) in [4.78, 5) is 25.3. The van der Waals surface area contributed by atoms with Crippen molar-refractivity contribution in [2.45, 2.75) is 26.2 Å². The molecule has 0 aliphatic carbocycles. The van der Waals surface area contributed by atoms with E-state index in [-0.39, 0.29) is 11.4 Å². The number of aromatic carboxylic acids is 1. The summed E-state index contributed by atoms with van der Waals surface area (Å²) in [5, 5.41) is 14.2. The van der Waals surface area contributed by atoms with E-state index in [1.54, 1.807) is 20.1 Å². The molecule has 1 aromatic rings. The highest BCUT2D eigenvalue weighted by molar-refractivity contribution is 5.99. The van der Waals surface area contributed by atoms with Gasteiger partial charge in [0.05, 0.1) is 5.69 Å². The highest BCUT2D eigenvalue weighted by atomic mass is 16.5. The smallest absolute Gasteiger partial charge is 0.354 e. The van der Waals surface area contributed by atoms with Crippen molar-refractivity contribution in [3.8, 4) is 0 Å². The summed E-state index contributed by atoms with van der Waals surface area (Å²) in [6.07, 6.45) is 2.78. The van der Waals surface area contributed by atoms with E-state index < -0.39 is 12.0 Å². The normalized spacial score (nSPS) is 10.3. The average molecular weight is 283 g/mol. The van der Waals surface area contributed by atoms with E-state index in [0.717, 1.165) is 25.9 Å². The Labute approximate surface area is 117 Å². The van der Waals surface area contributed by atoms with Gasteiger partial charge in [0.2, 0.25) is 0 Å². The second-order valence-electron chi connectivity index (χ2n) is 4.48. The molecule has 112 valence electrons. The number of aromatic nitrogens is 1. The minimum atomic E-state index is -1.10. The number of hydrogen-bond acceptors (Lipinski definition) is 3. The number of unbranched alkanes of at least 4 members (excludes halogenated alkanes) is 2. The van der Waals surface area contributed by atoms with Crippen LogP contribution in [0.2, 0.25) is 0 Å². The van der Waals surface area contributed by atoms with Crippen LogP contribution < -0.4 is 10.6 Å². The van der Waals surface area contributed by atoms with Crippen LogP contribution in [0.1, 0.15) is 35.4 Å². The summed E-state index contributed by atoms with van der Waals surface area (Å²) in [5.41, 5.74) is 0.932. The molecular weight excluding hydrogens is 262 g/mol. The van der Waals surface area contributed by atoms with E-state index in [4.69, 9.17) is 9.84 Å². The van der Waals surface area contributed by atoms with Crippen LogP contribution in [0, 0.1) is 6.92 Å². The highest BCUT2D eigenvalue weighted by Crippen LogP contribution is 2.16. The van der Waals surface area contributed by atoms with Gasteiger partial charge >= 0.3 is 12.0 Å². The molecule has 0 unspecified atom stereocenters. The van der Waals surface area contributed by atoms with E-state index in [1.165, 1.54) is 0 Å². The molecular formula is C13H21N3O4. The molecule has 20 heavy (non-hydrogen) atoms. The van der Waals surface area contributed by atoms with Gasteiger partial charge in [-0.1, -0.05) is 0 Å². The van der Waals surface area contributed by atoms with Crippen molar-refractivity contribution in [1.29, 1.82) is 0 Å². The van der Waals surface area contributed by atoms with Gasteiger partial charge in [0.15, 0.2) is 0 Å². The molecule has 1 heterocycles. The highest BCUT2D eigenvalue weighted by Gasteiger charge is 2.14. The zero-order valence-corrected chi connectivity index (χ0v) is 11.8. The molecule has 0 aliphatic rings. The number of carboxylic acid groups (broad SMARTS) is 1. The maximum Gasteiger partial charge on any atom is 0.354 e. The second kappa shape index (κ2) is 8.21. The molecule has 7 heteroatoms. The number of carbonyl (C=O) groups is 2. The molecule has 4 N–H and O–H groups in total. The van der Waals surface area contributed by atoms with Crippen molar-refractivity contribution in [2.75, 3.05) is 25.6 Å². The van der Waals surface area contributed by atoms with Gasteiger partial charge in [-0.05, 0) is 32.3 Å². The molecule has 1 aromatic heterocycles. The second-order valence-corrected chi connectivity index (χ2v) is 4.48. The number of methoxy groups -OCH3 is 1. The Morgan fingerprint density at radius 2 is 2.10 bits per heavy atom. The molecule has 0 bridgehead atoms. The van der Waals surface area contributed by atoms with Crippen LogP contribution in [-0.2, 0) is 4.74 Å². The van der Waals surface area contributed by atoms with E-state index in [1.807, 2.05) is 0 Å². The van der Waals surface area contributed by atoms with Gasteiger partial charge in [0.25, 0.3) is 0 Å². The first-order valence-corrected chi connectivity index (χ1v) is 6.51. The third-order valence-electron chi connectivity index (χ3n) is 2.73. The largest absolute Gasteiger partial charge is 0.477 e. The monoisotopic (exact) mass is 283 g/mol. The Morgan fingerprint density at radius 1 is 1.35 bits per heavy atom. The van der Waals surface area contributed by atoms with Crippen LogP contribution in [-0.4, -0.2) is 42.4 Å². The van der Waals surface area contributed by atoms with Crippen molar-refractivity contribution in [3.63, 3.8) is 0 Å². The first kappa shape index (κ1) is 16.0. The van der Waals surface area contributed by atoms with E-state index >= 15 is 0 Å². The summed E-state index contributed by atoms with van der Waals surface area (Å²) >= 11 is 0. The van der Waals surface area contributed by atoms with Gasteiger partial charge in [0.1, 0.15) is 5.69 Å². The van der Waals surface area contributed by atoms with Crippen molar-refractivity contribution in [2.24, 2.45) is 0 Å². The molecule has 0 fully saturated rings. The van der Waals surface area contributed by atoms with Crippen molar-refractivity contribution in [3.05, 3.63) is 17.5 Å². The maximum absolute atomic E-state index is 11.6. The predicted molar refractivity (Wildman–Crippen MR) is 75.2 cm³/mol. The van der Waals surface area contributed by atoms with Crippen molar-refractivity contribution < 1.29 is 19.4 Å². The number of carboxylic acids is 1. The number of hydrogen-bond donors (Lipinski definition) is 4. The van der Waals surface area contributed by atoms with Gasteiger partial charge in [0, 0.05) is 26.0 Å². The Bertz CT molecular complexity index is 456. The van der Waals surface area contributed by atoms with E-state index in [9.17, 15) is 9.59 Å². The van der Waals surface area contributed by atoms with Crippen LogP contribution in [0.5, 0.6) is 0 Å². The van der Waals surface area contributed by atoms with Crippen LogP contribution in [0.3, 0.4) is 0 Å². The number of ether oxygens (including phenoxy) is 1. The average Bonchev–Trinajstić information content (AvgIpc) is 2.74. The molecule has 0 saturated heterocycles. The van der Waals surface area contributed by atoms with E-state index in [0.29, 0.717) is 12.2 Å². The number of amides is 2. The Balaban J connectivity index is 2.34. The number of rotatable bonds is 8. The minimum absolute atomic E-state index is 0.0160. The Kier molecular flexibility index (Phi) is 6.58. The fraction of sp³-hybridized carbons (Fsp3) is 0.538. The third kappa shape index (κ3) is 5.31. The van der Waals surface area contributed by atoms with Crippen molar-refractivity contribution >= 4 is 17.7 Å². The quantitative estimate of drug-likeness (QED) is 0.547. The molecule has 0 radical (unpaired) electrons. The van der Waals surface area contributed by atoms with Crippen LogP contribution in [0.25, 0.3) is 0 Å². The summed E-state index contributed by atoms with van der Waals surface area (Å²) < 4.78 is 4.93. The summed E-state index contributed by atoms with van der Waals surface area (Å²) in [7, 11) is 1.66. The number of carbonyl (C=O) groups excluding carboxylic acids is 1. The molecule has 1 rings (SSSR count). The topological polar surface area (TPSA) is 103 Å². The predicted octanol–water partition coefficient (Wildman–Crippen LogP) is 1.96. The Hall–Kier alpha value is -2.02. The lowest BCUT2D eigenvalue weighted by Crippen LogP contribution is -2.30. The van der Waals surface area contributed by atoms with Crippen LogP contribution in [0.15, 0.2) is 6.07 Å². The summed E-state index contributed by atoms with van der Waals surface area (Å²) in [6.45, 7) is 2.99. The number of anilines is 1. The number of H-pyrrole nitrogens is 1. The van der Waals surface area contributed by atoms with Gasteiger partial charge in [-0.2, -0.15) is 0 Å². The van der Waals surface area contributed by atoms with Crippen LogP contribution in [0.4, 0.5) is 10.5 Å². The third-order valence-corrected chi connectivity index (χ3v) is 2.73. The SMILES string of the molecule is COCCCCCNC(=O)Nc1cc(C)[nH]c1C(=O)O. The Morgan fingerprint density at radius 3 is 2.75 bits per heavy atom. The number of aromatic amines is 1. The lowest BCUT2D eigenvalue weighted by Gasteiger charge is -2.07. The molecule has 0 atom stereocenters. The maximum atomic E-state index is 11.6. The lowest BCUT2D eigenvalue weighted by molar-refractivity contribution is 0.0692. The van der Waals surface area contributed by atoms with Gasteiger partial charge in [-0.3, -0.25) is 0 Å². The summed E-state index contributed by atoms with van der Waals surface area (Å²) in [6, 6.07) is 1.18. The summed E-state index contributed by atoms with van der Waals surface area (Å²) in [5.74, 6) is -1.10. The molecule has 0 aromatic carbocycles. The van der Waals surface area contributed by atoms with Gasteiger partial charge < -0.3 is 25.5 Å². The zero-order chi connectivity index (χ0) is 15.0. The van der Waals surface area contributed by atoms with E-state index in [2.05, 4.69) is 15.6 Å². The lowest BCUT2D eigenvalue weighted by atomic mass is 10.2. The van der Waals surface area contributed by atoms with Crippen molar-refractivity contribution in [1.82, 2.24) is 10.3 Å². The fourth-order valence-electron chi connectivity index (χ4n) is 1.77. The molecule has 0 spiro atoms.